The van der Waals surface area contributed by atoms with Crippen LogP contribution in [0.3, 0.4) is 0 Å². The second-order valence-corrected chi connectivity index (χ2v) is 8.54. The van der Waals surface area contributed by atoms with E-state index in [9.17, 15) is 13.2 Å². The minimum absolute atomic E-state index is 0.118. The first kappa shape index (κ1) is 20.1. The summed E-state index contributed by atoms with van der Waals surface area (Å²) in [6.07, 6.45) is 0. The molecule has 1 aromatic heterocycles. The fraction of sp³-hybridized carbons (Fsp3) is 0.263. The van der Waals surface area contributed by atoms with Gasteiger partial charge in [-0.05, 0) is 23.4 Å². The fourth-order valence-electron chi connectivity index (χ4n) is 3.01. The molecule has 0 unspecified atom stereocenters. The van der Waals surface area contributed by atoms with Gasteiger partial charge >= 0.3 is 0 Å². The zero-order chi connectivity index (χ0) is 21.0. The Kier molecular flexibility index (Phi) is 5.84. The van der Waals surface area contributed by atoms with Crippen LogP contribution >= 0.6 is 0 Å². The minimum atomic E-state index is -3.64. The van der Waals surface area contributed by atoms with Crippen LogP contribution in [0.1, 0.15) is 0 Å². The summed E-state index contributed by atoms with van der Waals surface area (Å²) in [6, 6.07) is 15.5. The number of hydrogen-bond acceptors (Lipinski definition) is 7. The highest BCUT2D eigenvalue weighted by atomic mass is 32.2. The summed E-state index contributed by atoms with van der Waals surface area (Å²) in [5.41, 5.74) is 1.17. The molecule has 1 N–H and O–H groups in total. The van der Waals surface area contributed by atoms with Gasteiger partial charge in [-0.3, -0.25) is 4.79 Å². The van der Waals surface area contributed by atoms with E-state index in [1.165, 1.54) is 21.2 Å². The first-order valence-electron chi connectivity index (χ1n) is 9.33. The molecule has 11 heteroatoms. The fourth-order valence-corrected chi connectivity index (χ4v) is 4.47. The Hall–Kier alpha value is -3.15. The number of morpholine rings is 1. The summed E-state index contributed by atoms with van der Waals surface area (Å²) in [4.78, 5) is 13.7. The number of ether oxygens (including phenoxy) is 1. The van der Waals surface area contributed by atoms with Crippen LogP contribution in [0.4, 0.5) is 5.69 Å². The summed E-state index contributed by atoms with van der Waals surface area (Å²) in [6.45, 7) is 1.19. The molecule has 0 bridgehead atoms. The highest BCUT2D eigenvalue weighted by Gasteiger charge is 2.26. The number of tetrazole rings is 1. The Labute approximate surface area is 173 Å². The van der Waals surface area contributed by atoms with Crippen molar-refractivity contribution in [2.45, 2.75) is 11.4 Å². The number of anilines is 1. The summed E-state index contributed by atoms with van der Waals surface area (Å²) in [5, 5.41) is 14.7. The van der Waals surface area contributed by atoms with Crippen molar-refractivity contribution in [1.82, 2.24) is 24.5 Å². The van der Waals surface area contributed by atoms with Crippen molar-refractivity contribution in [2.75, 3.05) is 31.6 Å². The molecule has 30 heavy (non-hydrogen) atoms. The summed E-state index contributed by atoms with van der Waals surface area (Å²) in [7, 11) is -3.64. The molecule has 1 fully saturated rings. The van der Waals surface area contributed by atoms with Gasteiger partial charge in [0.15, 0.2) is 0 Å². The molecule has 1 saturated heterocycles. The molecule has 1 aliphatic rings. The second-order valence-electron chi connectivity index (χ2n) is 6.60. The molecule has 1 amide bonds. The number of nitrogens with zero attached hydrogens (tertiary/aromatic N) is 5. The molecule has 0 radical (unpaired) electrons. The average molecular weight is 428 g/mol. The van der Waals surface area contributed by atoms with Gasteiger partial charge in [-0.25, -0.2) is 8.42 Å². The van der Waals surface area contributed by atoms with Gasteiger partial charge in [-0.15, -0.1) is 10.2 Å². The quantitative estimate of drug-likeness (QED) is 0.622. The lowest BCUT2D eigenvalue weighted by Crippen LogP contribution is -2.40. The summed E-state index contributed by atoms with van der Waals surface area (Å²) in [5.74, 6) is 0.0231. The predicted molar refractivity (Wildman–Crippen MR) is 108 cm³/mol. The van der Waals surface area contributed by atoms with Crippen LogP contribution in [0.15, 0.2) is 59.5 Å². The molecule has 0 saturated carbocycles. The molecule has 156 valence electrons. The molecule has 0 atom stereocenters. The van der Waals surface area contributed by atoms with Crippen LogP contribution in [0.25, 0.3) is 11.4 Å². The molecular formula is C19H20N6O4S. The number of rotatable bonds is 6. The van der Waals surface area contributed by atoms with Gasteiger partial charge in [0, 0.05) is 24.3 Å². The van der Waals surface area contributed by atoms with Gasteiger partial charge in [0.2, 0.25) is 21.8 Å². The topological polar surface area (TPSA) is 119 Å². The van der Waals surface area contributed by atoms with E-state index in [1.807, 2.05) is 30.3 Å². The predicted octanol–water partition coefficient (Wildman–Crippen LogP) is 1.000. The van der Waals surface area contributed by atoms with E-state index in [-0.39, 0.29) is 11.4 Å². The lowest BCUT2D eigenvalue weighted by Gasteiger charge is -2.26. The molecule has 0 spiro atoms. The Bertz CT molecular complexity index is 1130. The monoisotopic (exact) mass is 428 g/mol. The van der Waals surface area contributed by atoms with Crippen molar-refractivity contribution >= 4 is 21.6 Å². The third kappa shape index (κ3) is 4.53. The van der Waals surface area contributed by atoms with E-state index in [0.717, 1.165) is 5.56 Å². The van der Waals surface area contributed by atoms with Gasteiger partial charge < -0.3 is 10.1 Å². The SMILES string of the molecule is O=C(Cn1nnc(-c2ccccc2)n1)Nc1cccc(S(=O)(=O)N2CCOCC2)c1. The van der Waals surface area contributed by atoms with Crippen LogP contribution in [-0.2, 0) is 26.1 Å². The highest BCUT2D eigenvalue weighted by molar-refractivity contribution is 7.89. The van der Waals surface area contributed by atoms with E-state index in [4.69, 9.17) is 4.74 Å². The van der Waals surface area contributed by atoms with Gasteiger partial charge in [-0.2, -0.15) is 9.10 Å². The summed E-state index contributed by atoms with van der Waals surface area (Å²) >= 11 is 0. The van der Waals surface area contributed by atoms with Crippen LogP contribution in [0.5, 0.6) is 0 Å². The maximum absolute atomic E-state index is 12.8. The van der Waals surface area contributed by atoms with Crippen molar-refractivity contribution in [3.05, 3.63) is 54.6 Å². The number of sulfonamides is 1. The number of carbonyl (C=O) groups is 1. The maximum atomic E-state index is 12.8. The Morgan fingerprint density at radius 1 is 1.07 bits per heavy atom. The van der Waals surface area contributed by atoms with Crippen molar-refractivity contribution in [1.29, 1.82) is 0 Å². The van der Waals surface area contributed by atoms with E-state index >= 15 is 0 Å². The van der Waals surface area contributed by atoms with Crippen molar-refractivity contribution < 1.29 is 17.9 Å². The number of nitrogens with one attached hydrogen (secondary N) is 1. The average Bonchev–Trinajstić information content (AvgIpc) is 3.23. The van der Waals surface area contributed by atoms with Crippen molar-refractivity contribution in [2.24, 2.45) is 0 Å². The molecule has 4 rings (SSSR count). The Morgan fingerprint density at radius 2 is 1.83 bits per heavy atom. The van der Waals surface area contributed by atoms with Gasteiger partial charge in [0.25, 0.3) is 0 Å². The van der Waals surface area contributed by atoms with Crippen LogP contribution in [0, 0.1) is 0 Å². The van der Waals surface area contributed by atoms with Crippen LogP contribution in [0.2, 0.25) is 0 Å². The normalized spacial score (nSPS) is 15.1. The third-order valence-electron chi connectivity index (χ3n) is 4.50. The highest BCUT2D eigenvalue weighted by Crippen LogP contribution is 2.20. The zero-order valence-corrected chi connectivity index (χ0v) is 16.8. The van der Waals surface area contributed by atoms with Crippen LogP contribution < -0.4 is 5.32 Å². The smallest absolute Gasteiger partial charge is 0.248 e. The van der Waals surface area contributed by atoms with Crippen molar-refractivity contribution in [3.8, 4) is 11.4 Å². The lowest BCUT2D eigenvalue weighted by atomic mass is 10.2. The van der Waals surface area contributed by atoms with Gasteiger partial charge in [0.1, 0.15) is 6.54 Å². The minimum Gasteiger partial charge on any atom is -0.379 e. The summed E-state index contributed by atoms with van der Waals surface area (Å²) < 4.78 is 32.1. The molecule has 0 aliphatic carbocycles. The van der Waals surface area contributed by atoms with Crippen LogP contribution in [-0.4, -0.2) is 65.1 Å². The van der Waals surface area contributed by atoms with E-state index in [2.05, 4.69) is 20.7 Å². The van der Waals surface area contributed by atoms with E-state index in [0.29, 0.717) is 37.8 Å². The van der Waals surface area contributed by atoms with E-state index in [1.54, 1.807) is 12.1 Å². The standard InChI is InChI=1S/C19H20N6O4S/c26-18(14-25-22-19(21-23-25)15-5-2-1-3-6-15)20-16-7-4-8-17(13-16)30(27,28)24-9-11-29-12-10-24/h1-8,13H,9-12,14H2,(H,20,26). The zero-order valence-electron chi connectivity index (χ0n) is 16.0. The largest absolute Gasteiger partial charge is 0.379 e. The number of hydrogen-bond donors (Lipinski definition) is 1. The Morgan fingerprint density at radius 3 is 2.60 bits per heavy atom. The number of carbonyl (C=O) groups excluding carboxylic acids is 1. The third-order valence-corrected chi connectivity index (χ3v) is 6.39. The van der Waals surface area contributed by atoms with Gasteiger partial charge in [0.05, 0.1) is 18.1 Å². The maximum Gasteiger partial charge on any atom is 0.248 e. The first-order valence-corrected chi connectivity index (χ1v) is 10.8. The lowest BCUT2D eigenvalue weighted by molar-refractivity contribution is -0.117. The molecule has 1 aliphatic heterocycles. The number of benzene rings is 2. The molecule has 3 aromatic rings. The second kappa shape index (κ2) is 8.69. The van der Waals surface area contributed by atoms with Crippen molar-refractivity contribution in [3.63, 3.8) is 0 Å². The molecule has 2 heterocycles. The molecule has 10 nitrogen and oxygen atoms in total. The molecule has 2 aromatic carbocycles. The number of amides is 1. The molecular weight excluding hydrogens is 408 g/mol. The first-order chi connectivity index (χ1) is 14.5. The van der Waals surface area contributed by atoms with E-state index < -0.39 is 15.9 Å². The Balaban J connectivity index is 1.43. The number of aromatic nitrogens is 4. The van der Waals surface area contributed by atoms with Gasteiger partial charge in [-0.1, -0.05) is 36.4 Å².